The maximum atomic E-state index is 10.7. The number of rotatable bonds is 4. The van der Waals surface area contributed by atoms with E-state index in [2.05, 4.69) is 5.32 Å². The van der Waals surface area contributed by atoms with Crippen LogP contribution in [0.4, 0.5) is 0 Å². The lowest BCUT2D eigenvalue weighted by molar-refractivity contribution is -0.133. The third-order valence-corrected chi connectivity index (χ3v) is 1.93. The molecule has 0 heterocycles. The van der Waals surface area contributed by atoms with E-state index in [1.165, 1.54) is 6.08 Å². The Balaban J connectivity index is 3.07. The number of amides is 1. The Labute approximate surface area is 87.2 Å². The van der Waals surface area contributed by atoms with Crippen LogP contribution in [-0.2, 0) is 9.59 Å². The minimum atomic E-state index is -1.16. The third-order valence-electron chi connectivity index (χ3n) is 1.93. The molecule has 0 aliphatic carbocycles. The topological polar surface area (TPSA) is 66.4 Å². The van der Waals surface area contributed by atoms with Crippen molar-refractivity contribution in [3.63, 3.8) is 0 Å². The largest absolute Gasteiger partial charge is 0.477 e. The van der Waals surface area contributed by atoms with Gasteiger partial charge in [-0.15, -0.1) is 0 Å². The summed E-state index contributed by atoms with van der Waals surface area (Å²) in [6.07, 6.45) is 1.77. The van der Waals surface area contributed by atoms with E-state index >= 15 is 0 Å². The molecule has 15 heavy (non-hydrogen) atoms. The van der Waals surface area contributed by atoms with Gasteiger partial charge in [0.05, 0.1) is 0 Å². The smallest absolute Gasteiger partial charge is 0.352 e. The second-order valence-electron chi connectivity index (χ2n) is 2.98. The first kappa shape index (κ1) is 11.0. The second-order valence-corrected chi connectivity index (χ2v) is 2.98. The average molecular weight is 205 g/mol. The highest BCUT2D eigenvalue weighted by molar-refractivity contribution is 5.93. The Morgan fingerprint density at radius 1 is 1.40 bits per heavy atom. The lowest BCUT2D eigenvalue weighted by atomic mass is 10.1. The van der Waals surface area contributed by atoms with E-state index in [0.29, 0.717) is 6.41 Å². The predicted molar refractivity (Wildman–Crippen MR) is 56.0 cm³/mol. The quantitative estimate of drug-likeness (QED) is 0.572. The number of aryl methyl sites for hydroxylation is 1. The van der Waals surface area contributed by atoms with Crippen LogP contribution in [0, 0.1) is 6.92 Å². The van der Waals surface area contributed by atoms with Gasteiger partial charge in [0.1, 0.15) is 5.70 Å². The molecule has 1 amide bonds. The summed E-state index contributed by atoms with van der Waals surface area (Å²) in [5.74, 6) is -1.16. The minimum Gasteiger partial charge on any atom is -0.477 e. The molecule has 0 aromatic heterocycles. The molecule has 1 rings (SSSR count). The summed E-state index contributed by atoms with van der Waals surface area (Å²) in [5.41, 5.74) is 1.58. The molecule has 0 unspecified atom stereocenters. The molecule has 0 saturated heterocycles. The molecule has 0 fully saturated rings. The van der Waals surface area contributed by atoms with Crippen LogP contribution in [0.5, 0.6) is 0 Å². The van der Waals surface area contributed by atoms with Gasteiger partial charge in [-0.2, -0.15) is 0 Å². The van der Waals surface area contributed by atoms with Crippen molar-refractivity contribution >= 4 is 18.5 Å². The van der Waals surface area contributed by atoms with E-state index in [9.17, 15) is 9.59 Å². The lowest BCUT2D eigenvalue weighted by Gasteiger charge is -2.02. The maximum Gasteiger partial charge on any atom is 0.352 e. The van der Waals surface area contributed by atoms with Gasteiger partial charge in [-0.05, 0) is 24.1 Å². The number of hydrogen-bond acceptors (Lipinski definition) is 2. The summed E-state index contributed by atoms with van der Waals surface area (Å²) in [7, 11) is 0. The molecule has 0 bridgehead atoms. The molecule has 0 atom stereocenters. The summed E-state index contributed by atoms with van der Waals surface area (Å²) in [6, 6.07) is 7.32. The van der Waals surface area contributed by atoms with Crippen molar-refractivity contribution in [2.75, 3.05) is 0 Å². The molecule has 4 nitrogen and oxygen atoms in total. The third kappa shape index (κ3) is 2.95. The highest BCUT2D eigenvalue weighted by Gasteiger charge is 2.06. The molecule has 0 saturated carbocycles. The summed E-state index contributed by atoms with van der Waals surface area (Å²) < 4.78 is 0. The average Bonchev–Trinajstić information content (AvgIpc) is 2.20. The fourth-order valence-corrected chi connectivity index (χ4v) is 1.13. The van der Waals surface area contributed by atoms with Crippen molar-refractivity contribution in [3.8, 4) is 0 Å². The highest BCUT2D eigenvalue weighted by atomic mass is 16.4. The summed E-state index contributed by atoms with van der Waals surface area (Å²) in [5, 5.41) is 10.9. The van der Waals surface area contributed by atoms with Crippen molar-refractivity contribution in [2.24, 2.45) is 0 Å². The van der Waals surface area contributed by atoms with Gasteiger partial charge in [0.15, 0.2) is 0 Å². The monoisotopic (exact) mass is 205 g/mol. The first-order chi connectivity index (χ1) is 7.15. The number of carbonyl (C=O) groups excluding carboxylic acids is 1. The number of nitrogens with one attached hydrogen (secondary N) is 1. The summed E-state index contributed by atoms with van der Waals surface area (Å²) in [4.78, 5) is 20.9. The molecular formula is C11H11NO3. The molecule has 78 valence electrons. The minimum absolute atomic E-state index is 0.140. The van der Waals surface area contributed by atoms with Gasteiger partial charge in [0.2, 0.25) is 6.41 Å². The summed E-state index contributed by atoms with van der Waals surface area (Å²) in [6.45, 7) is 1.87. The summed E-state index contributed by atoms with van der Waals surface area (Å²) >= 11 is 0. The number of benzene rings is 1. The number of hydrogen-bond donors (Lipinski definition) is 2. The van der Waals surface area contributed by atoms with E-state index in [1.54, 1.807) is 12.1 Å². The van der Waals surface area contributed by atoms with Crippen LogP contribution in [0.1, 0.15) is 11.1 Å². The molecular weight excluding hydrogens is 194 g/mol. The fraction of sp³-hybridized carbons (Fsp3) is 0.0909. The standard InChI is InChI=1S/C11H11NO3/c1-8-4-2-3-5-9(8)6-10(11(14)15)12-7-13/h2-7H,1H3,(H,12,13)(H,14,15)/b10-6-. The zero-order chi connectivity index (χ0) is 11.3. The van der Waals surface area contributed by atoms with Crippen LogP contribution in [0.15, 0.2) is 30.0 Å². The van der Waals surface area contributed by atoms with Gasteiger partial charge in [-0.25, -0.2) is 4.79 Å². The van der Waals surface area contributed by atoms with Crippen LogP contribution in [0.3, 0.4) is 0 Å². The SMILES string of the molecule is Cc1ccccc1/C=C(\NC=O)C(=O)O. The van der Waals surface area contributed by atoms with Crippen LogP contribution in [0.2, 0.25) is 0 Å². The van der Waals surface area contributed by atoms with Crippen molar-refractivity contribution < 1.29 is 14.7 Å². The van der Waals surface area contributed by atoms with E-state index in [-0.39, 0.29) is 5.70 Å². The predicted octanol–water partition coefficient (Wildman–Crippen LogP) is 1.17. The zero-order valence-corrected chi connectivity index (χ0v) is 8.23. The first-order valence-electron chi connectivity index (χ1n) is 4.36. The maximum absolute atomic E-state index is 10.7. The Bertz CT molecular complexity index is 410. The van der Waals surface area contributed by atoms with Gasteiger partial charge in [-0.3, -0.25) is 4.79 Å². The van der Waals surface area contributed by atoms with Gasteiger partial charge in [-0.1, -0.05) is 24.3 Å². The number of carbonyl (C=O) groups is 2. The lowest BCUT2D eigenvalue weighted by Crippen LogP contribution is -2.18. The zero-order valence-electron chi connectivity index (χ0n) is 8.23. The van der Waals surface area contributed by atoms with Crippen LogP contribution in [-0.4, -0.2) is 17.5 Å². The normalized spacial score (nSPS) is 10.9. The second kappa shape index (κ2) is 4.95. The Morgan fingerprint density at radius 3 is 2.60 bits per heavy atom. The van der Waals surface area contributed by atoms with Crippen LogP contribution in [0.25, 0.3) is 6.08 Å². The molecule has 0 aliphatic heterocycles. The molecule has 1 aromatic rings. The highest BCUT2D eigenvalue weighted by Crippen LogP contribution is 2.10. The molecule has 2 N–H and O–H groups in total. The Morgan fingerprint density at radius 2 is 2.07 bits per heavy atom. The van der Waals surface area contributed by atoms with Crippen LogP contribution >= 0.6 is 0 Å². The van der Waals surface area contributed by atoms with Gasteiger partial charge in [0.25, 0.3) is 0 Å². The fourth-order valence-electron chi connectivity index (χ4n) is 1.13. The molecule has 1 aromatic carbocycles. The van der Waals surface area contributed by atoms with Crippen molar-refractivity contribution in [2.45, 2.75) is 6.92 Å². The van der Waals surface area contributed by atoms with E-state index in [1.807, 2.05) is 19.1 Å². The Kier molecular flexibility index (Phi) is 3.62. The van der Waals surface area contributed by atoms with Gasteiger partial charge in [0, 0.05) is 0 Å². The van der Waals surface area contributed by atoms with Crippen molar-refractivity contribution in [1.29, 1.82) is 0 Å². The van der Waals surface area contributed by atoms with Crippen LogP contribution < -0.4 is 5.32 Å². The first-order valence-corrected chi connectivity index (χ1v) is 4.36. The molecule has 0 radical (unpaired) electrons. The van der Waals surface area contributed by atoms with Crippen molar-refractivity contribution in [3.05, 3.63) is 41.1 Å². The van der Waals surface area contributed by atoms with E-state index in [0.717, 1.165) is 11.1 Å². The van der Waals surface area contributed by atoms with Gasteiger partial charge >= 0.3 is 5.97 Å². The Hall–Kier alpha value is -2.10. The molecule has 4 heteroatoms. The number of carboxylic acids is 1. The molecule has 0 aliphatic rings. The van der Waals surface area contributed by atoms with Crippen molar-refractivity contribution in [1.82, 2.24) is 5.32 Å². The van der Waals surface area contributed by atoms with Gasteiger partial charge < -0.3 is 10.4 Å². The van der Waals surface area contributed by atoms with E-state index in [4.69, 9.17) is 5.11 Å². The number of aliphatic carboxylic acids is 1. The molecule has 0 spiro atoms. The van der Waals surface area contributed by atoms with E-state index < -0.39 is 5.97 Å². The number of carboxylic acid groups (broad SMARTS) is 1.